The minimum Gasteiger partial charge on any atom is -0.361 e. The van der Waals surface area contributed by atoms with Crippen LogP contribution in [0.15, 0.2) is 47.7 Å². The third-order valence-electron chi connectivity index (χ3n) is 3.25. The maximum absolute atomic E-state index is 12.1. The molecular formula is C16H10Cl3N3O. The van der Waals surface area contributed by atoms with Gasteiger partial charge in [-0.05, 0) is 18.2 Å². The van der Waals surface area contributed by atoms with Crippen molar-refractivity contribution in [3.05, 3.63) is 68.8 Å². The van der Waals surface area contributed by atoms with Gasteiger partial charge in [0, 0.05) is 22.7 Å². The number of hydrazone groups is 1. The first-order valence-electron chi connectivity index (χ1n) is 6.60. The molecule has 0 aliphatic heterocycles. The number of hydrogen-bond acceptors (Lipinski definition) is 2. The van der Waals surface area contributed by atoms with Crippen LogP contribution in [-0.2, 0) is 0 Å². The molecule has 0 bridgehead atoms. The monoisotopic (exact) mass is 365 g/mol. The van der Waals surface area contributed by atoms with Gasteiger partial charge in [0.05, 0.1) is 26.8 Å². The molecule has 0 saturated heterocycles. The summed E-state index contributed by atoms with van der Waals surface area (Å²) in [5.41, 5.74) is 4.48. The Bertz CT molecular complexity index is 918. The number of carbonyl (C=O) groups is 1. The summed E-state index contributed by atoms with van der Waals surface area (Å²) in [6, 6.07) is 10.6. The molecule has 0 fully saturated rings. The molecule has 3 rings (SSSR count). The summed E-state index contributed by atoms with van der Waals surface area (Å²) in [4.78, 5) is 15.2. The van der Waals surface area contributed by atoms with Crippen molar-refractivity contribution in [2.45, 2.75) is 0 Å². The second kappa shape index (κ2) is 6.62. The van der Waals surface area contributed by atoms with Crippen molar-refractivity contribution in [2.24, 2.45) is 5.10 Å². The average Bonchev–Trinajstić information content (AvgIpc) is 2.94. The zero-order chi connectivity index (χ0) is 16.4. The van der Waals surface area contributed by atoms with Gasteiger partial charge in [-0.15, -0.1) is 0 Å². The van der Waals surface area contributed by atoms with Gasteiger partial charge in [-0.25, -0.2) is 5.43 Å². The lowest BCUT2D eigenvalue weighted by molar-refractivity contribution is 0.0955. The van der Waals surface area contributed by atoms with Crippen molar-refractivity contribution >= 4 is 57.8 Å². The van der Waals surface area contributed by atoms with Crippen LogP contribution >= 0.6 is 34.8 Å². The Hall–Kier alpha value is -2.01. The molecule has 0 unspecified atom stereocenters. The predicted octanol–water partition coefficient (Wildman–Crippen LogP) is 4.89. The van der Waals surface area contributed by atoms with E-state index in [9.17, 15) is 4.79 Å². The van der Waals surface area contributed by atoms with Crippen LogP contribution in [0, 0.1) is 0 Å². The molecule has 1 heterocycles. The van der Waals surface area contributed by atoms with E-state index in [-0.39, 0.29) is 20.6 Å². The lowest BCUT2D eigenvalue weighted by Gasteiger charge is -2.04. The number of rotatable bonds is 3. The number of amides is 1. The van der Waals surface area contributed by atoms with E-state index in [0.717, 1.165) is 16.5 Å². The molecule has 116 valence electrons. The third-order valence-corrected chi connectivity index (χ3v) is 4.28. The fourth-order valence-corrected chi connectivity index (χ4v) is 2.75. The average molecular weight is 367 g/mol. The highest BCUT2D eigenvalue weighted by molar-refractivity contribution is 6.44. The van der Waals surface area contributed by atoms with Crippen LogP contribution in [0.3, 0.4) is 0 Å². The van der Waals surface area contributed by atoms with Crippen molar-refractivity contribution in [3.8, 4) is 0 Å². The Morgan fingerprint density at radius 2 is 1.83 bits per heavy atom. The maximum atomic E-state index is 12.1. The topological polar surface area (TPSA) is 57.2 Å². The summed E-state index contributed by atoms with van der Waals surface area (Å²) in [5.74, 6) is -0.468. The molecule has 0 aliphatic rings. The van der Waals surface area contributed by atoms with E-state index in [0.29, 0.717) is 0 Å². The lowest BCUT2D eigenvalue weighted by Crippen LogP contribution is -2.18. The quantitative estimate of drug-likeness (QED) is 0.387. The maximum Gasteiger partial charge on any atom is 0.272 e. The van der Waals surface area contributed by atoms with Crippen molar-refractivity contribution in [1.29, 1.82) is 0 Å². The Morgan fingerprint density at radius 1 is 1.09 bits per heavy atom. The first-order chi connectivity index (χ1) is 11.1. The number of nitrogens with one attached hydrogen (secondary N) is 2. The zero-order valence-electron chi connectivity index (χ0n) is 11.6. The fraction of sp³-hybridized carbons (Fsp3) is 0. The van der Waals surface area contributed by atoms with Crippen LogP contribution in [0.25, 0.3) is 10.9 Å². The summed E-state index contributed by atoms with van der Waals surface area (Å²) < 4.78 is 0. The molecule has 2 N–H and O–H groups in total. The molecule has 4 nitrogen and oxygen atoms in total. The molecule has 3 aromatic rings. The highest BCUT2D eigenvalue weighted by Gasteiger charge is 2.12. The first kappa shape index (κ1) is 15.9. The largest absolute Gasteiger partial charge is 0.361 e. The minimum atomic E-state index is -0.468. The van der Waals surface area contributed by atoms with Gasteiger partial charge >= 0.3 is 0 Å². The van der Waals surface area contributed by atoms with Crippen LogP contribution in [0.5, 0.6) is 0 Å². The highest BCUT2D eigenvalue weighted by Crippen LogP contribution is 2.28. The van der Waals surface area contributed by atoms with Crippen LogP contribution < -0.4 is 5.43 Å². The highest BCUT2D eigenvalue weighted by atomic mass is 35.5. The lowest BCUT2D eigenvalue weighted by atomic mass is 10.2. The van der Waals surface area contributed by atoms with Crippen LogP contribution in [0.4, 0.5) is 0 Å². The van der Waals surface area contributed by atoms with Gasteiger partial charge in [0.1, 0.15) is 0 Å². The summed E-state index contributed by atoms with van der Waals surface area (Å²) in [5, 5.41) is 5.71. The van der Waals surface area contributed by atoms with Gasteiger partial charge in [-0.1, -0.05) is 53.0 Å². The van der Waals surface area contributed by atoms with E-state index < -0.39 is 5.91 Å². The van der Waals surface area contributed by atoms with Crippen molar-refractivity contribution in [2.75, 3.05) is 0 Å². The molecule has 23 heavy (non-hydrogen) atoms. The summed E-state index contributed by atoms with van der Waals surface area (Å²) in [6.45, 7) is 0. The predicted molar refractivity (Wildman–Crippen MR) is 94.8 cm³/mol. The molecule has 0 spiro atoms. The number of nitrogens with zero attached hydrogens (tertiary/aromatic N) is 1. The van der Waals surface area contributed by atoms with Gasteiger partial charge in [0.15, 0.2) is 0 Å². The number of fused-ring (bicyclic) bond motifs is 1. The standard InChI is InChI=1S/C16H10Cl3N3O/c17-12-6-14(19)13(18)5-11(12)16(23)22-21-8-9-7-20-15-4-2-1-3-10(9)15/h1-8,20H,(H,22,23). The minimum absolute atomic E-state index is 0.206. The van der Waals surface area contributed by atoms with Crippen molar-refractivity contribution in [1.82, 2.24) is 10.4 Å². The number of halogens is 3. The van der Waals surface area contributed by atoms with Gasteiger partial charge in [0.2, 0.25) is 0 Å². The van der Waals surface area contributed by atoms with E-state index in [1.807, 2.05) is 30.5 Å². The van der Waals surface area contributed by atoms with E-state index >= 15 is 0 Å². The second-order valence-electron chi connectivity index (χ2n) is 4.73. The van der Waals surface area contributed by atoms with Crippen molar-refractivity contribution in [3.63, 3.8) is 0 Å². The fourth-order valence-electron chi connectivity index (χ4n) is 2.12. The van der Waals surface area contributed by atoms with Gasteiger partial charge in [0.25, 0.3) is 5.91 Å². The Kier molecular flexibility index (Phi) is 4.57. The number of benzene rings is 2. The third kappa shape index (κ3) is 3.34. The molecule has 2 aromatic carbocycles. The molecule has 0 aliphatic carbocycles. The van der Waals surface area contributed by atoms with E-state index in [1.165, 1.54) is 12.1 Å². The smallest absolute Gasteiger partial charge is 0.272 e. The second-order valence-corrected chi connectivity index (χ2v) is 5.96. The van der Waals surface area contributed by atoms with Gasteiger partial charge in [-0.3, -0.25) is 4.79 Å². The first-order valence-corrected chi connectivity index (χ1v) is 7.73. The number of para-hydroxylation sites is 1. The van der Waals surface area contributed by atoms with Gasteiger partial charge in [-0.2, -0.15) is 5.10 Å². The molecule has 1 amide bonds. The molecule has 0 atom stereocenters. The number of aromatic amines is 1. The molecule has 0 radical (unpaired) electrons. The molecular weight excluding hydrogens is 357 g/mol. The van der Waals surface area contributed by atoms with E-state index in [4.69, 9.17) is 34.8 Å². The summed E-state index contributed by atoms with van der Waals surface area (Å²) in [7, 11) is 0. The number of H-pyrrole nitrogens is 1. The SMILES string of the molecule is O=C(NN=Cc1c[nH]c2ccccc12)c1cc(Cl)c(Cl)cc1Cl. The molecule has 1 aromatic heterocycles. The molecule has 0 saturated carbocycles. The molecule has 7 heteroatoms. The summed E-state index contributed by atoms with van der Waals surface area (Å²) in [6.07, 6.45) is 3.37. The Labute approximate surface area is 147 Å². The van der Waals surface area contributed by atoms with E-state index in [2.05, 4.69) is 15.5 Å². The van der Waals surface area contributed by atoms with Crippen LogP contribution in [0.2, 0.25) is 15.1 Å². The number of hydrogen-bond donors (Lipinski definition) is 2. The van der Waals surface area contributed by atoms with Crippen LogP contribution in [-0.4, -0.2) is 17.1 Å². The zero-order valence-corrected chi connectivity index (χ0v) is 13.9. The van der Waals surface area contributed by atoms with Crippen LogP contribution in [0.1, 0.15) is 15.9 Å². The Balaban J connectivity index is 1.78. The summed E-state index contributed by atoms with van der Waals surface area (Å²) >= 11 is 17.7. The van der Waals surface area contributed by atoms with Gasteiger partial charge < -0.3 is 4.98 Å². The Morgan fingerprint density at radius 3 is 2.65 bits per heavy atom. The van der Waals surface area contributed by atoms with E-state index in [1.54, 1.807) is 6.21 Å². The number of aromatic nitrogens is 1. The van der Waals surface area contributed by atoms with Crippen molar-refractivity contribution < 1.29 is 4.79 Å². The number of carbonyl (C=O) groups excluding carboxylic acids is 1. The normalized spacial score (nSPS) is 11.3.